The molecule has 0 fully saturated rings. The van der Waals surface area contributed by atoms with Crippen molar-refractivity contribution in [2.45, 2.75) is 6.61 Å². The van der Waals surface area contributed by atoms with Gasteiger partial charge in [0.2, 0.25) is 4.47 Å². The Bertz CT molecular complexity index is 475. The topological polar surface area (TPSA) is 44.2 Å². The highest BCUT2D eigenvalue weighted by Crippen LogP contribution is 2.21. The quantitative estimate of drug-likeness (QED) is 0.844. The maximum absolute atomic E-state index is 5.66. The molecule has 2 aromatic rings. The van der Waals surface area contributed by atoms with Crippen molar-refractivity contribution < 1.29 is 9.47 Å². The lowest BCUT2D eigenvalue weighted by Gasteiger charge is -2.05. The summed E-state index contributed by atoms with van der Waals surface area (Å²) in [5.74, 6) is 1.48. The van der Waals surface area contributed by atoms with Gasteiger partial charge >= 0.3 is 0 Å². The van der Waals surface area contributed by atoms with Crippen LogP contribution in [0, 0.1) is 0 Å². The third-order valence-corrected chi connectivity index (χ3v) is 2.84. The average Bonchev–Trinajstić information content (AvgIpc) is 2.73. The first-order valence-corrected chi connectivity index (χ1v) is 5.72. The van der Waals surface area contributed by atoms with Gasteiger partial charge in [-0.1, -0.05) is 17.4 Å². The SMILES string of the molecule is COc1cccc(OCc2nnc(Cl)s2)c1. The second-order valence-electron chi connectivity index (χ2n) is 2.92. The first kappa shape index (κ1) is 11.2. The number of benzene rings is 1. The van der Waals surface area contributed by atoms with Crippen molar-refractivity contribution in [2.75, 3.05) is 7.11 Å². The van der Waals surface area contributed by atoms with Crippen molar-refractivity contribution in [1.82, 2.24) is 10.2 Å². The minimum atomic E-state index is 0.359. The molecule has 0 unspecified atom stereocenters. The molecule has 0 spiro atoms. The number of methoxy groups -OCH3 is 1. The average molecular weight is 257 g/mol. The predicted octanol–water partition coefficient (Wildman–Crippen LogP) is 2.78. The Kier molecular flexibility index (Phi) is 3.58. The zero-order chi connectivity index (χ0) is 11.4. The van der Waals surface area contributed by atoms with Crippen LogP contribution in [0.15, 0.2) is 24.3 Å². The molecular formula is C10H9ClN2O2S. The van der Waals surface area contributed by atoms with Crippen molar-refractivity contribution in [3.8, 4) is 11.5 Å². The Labute approximate surface area is 102 Å². The molecule has 0 atom stereocenters. The Morgan fingerprint density at radius 1 is 1.31 bits per heavy atom. The van der Waals surface area contributed by atoms with E-state index in [4.69, 9.17) is 21.1 Å². The van der Waals surface area contributed by atoms with Gasteiger partial charge in [0.1, 0.15) is 18.1 Å². The Balaban J connectivity index is 1.99. The molecule has 84 valence electrons. The number of ether oxygens (including phenoxy) is 2. The second kappa shape index (κ2) is 5.14. The van der Waals surface area contributed by atoms with Gasteiger partial charge in [-0.3, -0.25) is 0 Å². The molecule has 0 aliphatic rings. The molecule has 0 saturated carbocycles. The largest absolute Gasteiger partial charge is 0.497 e. The molecule has 6 heteroatoms. The van der Waals surface area contributed by atoms with Gasteiger partial charge in [0.25, 0.3) is 0 Å². The molecule has 0 bridgehead atoms. The molecule has 4 nitrogen and oxygen atoms in total. The number of hydrogen-bond donors (Lipinski definition) is 0. The lowest BCUT2D eigenvalue weighted by molar-refractivity contribution is 0.302. The molecule has 16 heavy (non-hydrogen) atoms. The minimum absolute atomic E-state index is 0.359. The first-order chi connectivity index (χ1) is 7.78. The van der Waals surface area contributed by atoms with Gasteiger partial charge in [-0.2, -0.15) is 0 Å². The lowest BCUT2D eigenvalue weighted by atomic mass is 10.3. The van der Waals surface area contributed by atoms with Crippen LogP contribution in [0.3, 0.4) is 0 Å². The highest BCUT2D eigenvalue weighted by Gasteiger charge is 2.03. The van der Waals surface area contributed by atoms with Crippen LogP contribution in [0.4, 0.5) is 0 Å². The van der Waals surface area contributed by atoms with Gasteiger partial charge in [0.05, 0.1) is 7.11 Å². The van der Waals surface area contributed by atoms with Gasteiger partial charge in [-0.05, 0) is 23.7 Å². The molecule has 1 heterocycles. The zero-order valence-corrected chi connectivity index (χ0v) is 10.1. The number of rotatable bonds is 4. The van der Waals surface area contributed by atoms with Crippen LogP contribution in [-0.2, 0) is 6.61 Å². The third kappa shape index (κ3) is 2.84. The van der Waals surface area contributed by atoms with Gasteiger partial charge in [-0.15, -0.1) is 10.2 Å². The Morgan fingerprint density at radius 3 is 2.81 bits per heavy atom. The van der Waals surface area contributed by atoms with E-state index in [1.54, 1.807) is 7.11 Å². The van der Waals surface area contributed by atoms with Crippen LogP contribution < -0.4 is 9.47 Å². The third-order valence-electron chi connectivity index (χ3n) is 1.85. The fraction of sp³-hybridized carbons (Fsp3) is 0.200. The predicted molar refractivity (Wildman–Crippen MR) is 62.2 cm³/mol. The summed E-state index contributed by atoms with van der Waals surface area (Å²) >= 11 is 6.96. The summed E-state index contributed by atoms with van der Waals surface area (Å²) in [6.07, 6.45) is 0. The molecular weight excluding hydrogens is 248 g/mol. The number of hydrogen-bond acceptors (Lipinski definition) is 5. The van der Waals surface area contributed by atoms with Gasteiger partial charge in [-0.25, -0.2) is 0 Å². The van der Waals surface area contributed by atoms with E-state index >= 15 is 0 Å². The van der Waals surface area contributed by atoms with Crippen molar-refractivity contribution in [1.29, 1.82) is 0 Å². The Morgan fingerprint density at radius 2 is 2.12 bits per heavy atom. The highest BCUT2D eigenvalue weighted by atomic mass is 35.5. The van der Waals surface area contributed by atoms with Crippen molar-refractivity contribution in [3.05, 3.63) is 33.7 Å². The van der Waals surface area contributed by atoms with E-state index in [1.165, 1.54) is 11.3 Å². The molecule has 0 aliphatic heterocycles. The van der Waals surface area contributed by atoms with Gasteiger partial charge in [0, 0.05) is 6.07 Å². The number of halogens is 1. The van der Waals surface area contributed by atoms with Crippen LogP contribution in [-0.4, -0.2) is 17.3 Å². The summed E-state index contributed by atoms with van der Waals surface area (Å²) in [5, 5.41) is 8.29. The van der Waals surface area contributed by atoms with E-state index in [0.29, 0.717) is 11.1 Å². The summed E-state index contributed by atoms with van der Waals surface area (Å²) in [4.78, 5) is 0. The molecule has 1 aromatic carbocycles. The minimum Gasteiger partial charge on any atom is -0.497 e. The fourth-order valence-electron chi connectivity index (χ4n) is 1.13. The number of nitrogens with zero attached hydrogens (tertiary/aromatic N) is 2. The monoisotopic (exact) mass is 256 g/mol. The molecule has 0 amide bonds. The second-order valence-corrected chi connectivity index (χ2v) is 4.56. The van der Waals surface area contributed by atoms with E-state index in [2.05, 4.69) is 10.2 Å². The van der Waals surface area contributed by atoms with Crippen LogP contribution in [0.1, 0.15) is 5.01 Å². The first-order valence-electron chi connectivity index (χ1n) is 4.52. The summed E-state index contributed by atoms with van der Waals surface area (Å²) in [5.41, 5.74) is 0. The molecule has 0 N–H and O–H groups in total. The summed E-state index contributed by atoms with van der Waals surface area (Å²) in [7, 11) is 1.61. The number of aromatic nitrogens is 2. The normalized spacial score (nSPS) is 10.1. The van der Waals surface area contributed by atoms with E-state index in [1.807, 2.05) is 24.3 Å². The van der Waals surface area contributed by atoms with Crippen LogP contribution in [0.2, 0.25) is 4.47 Å². The molecule has 0 radical (unpaired) electrons. The standard InChI is InChI=1S/C10H9ClN2O2S/c1-14-7-3-2-4-8(5-7)15-6-9-12-13-10(11)16-9/h2-5H,6H2,1H3. The highest BCUT2D eigenvalue weighted by molar-refractivity contribution is 7.15. The maximum Gasteiger partial charge on any atom is 0.207 e. The molecule has 1 aromatic heterocycles. The molecule has 0 aliphatic carbocycles. The van der Waals surface area contributed by atoms with Crippen LogP contribution in [0.5, 0.6) is 11.5 Å². The van der Waals surface area contributed by atoms with E-state index in [0.717, 1.165) is 16.5 Å². The van der Waals surface area contributed by atoms with E-state index in [9.17, 15) is 0 Å². The van der Waals surface area contributed by atoms with Crippen LogP contribution >= 0.6 is 22.9 Å². The molecule has 2 rings (SSSR count). The Hall–Kier alpha value is -1.33. The fourth-order valence-corrected chi connectivity index (χ4v) is 1.91. The van der Waals surface area contributed by atoms with Crippen molar-refractivity contribution in [3.63, 3.8) is 0 Å². The summed E-state index contributed by atoms with van der Waals surface area (Å²) in [6.45, 7) is 0.359. The molecule has 0 saturated heterocycles. The maximum atomic E-state index is 5.66. The smallest absolute Gasteiger partial charge is 0.207 e. The summed E-state index contributed by atoms with van der Waals surface area (Å²) in [6, 6.07) is 7.38. The van der Waals surface area contributed by atoms with Crippen LogP contribution in [0.25, 0.3) is 0 Å². The van der Waals surface area contributed by atoms with Crippen molar-refractivity contribution in [2.24, 2.45) is 0 Å². The van der Waals surface area contributed by atoms with Gasteiger partial charge in [0.15, 0.2) is 5.01 Å². The van der Waals surface area contributed by atoms with E-state index < -0.39 is 0 Å². The van der Waals surface area contributed by atoms with Crippen molar-refractivity contribution >= 4 is 22.9 Å². The van der Waals surface area contributed by atoms with E-state index in [-0.39, 0.29) is 0 Å². The zero-order valence-electron chi connectivity index (χ0n) is 8.51. The van der Waals surface area contributed by atoms with Gasteiger partial charge < -0.3 is 9.47 Å². The summed E-state index contributed by atoms with van der Waals surface area (Å²) < 4.78 is 11.0. The lowest BCUT2D eigenvalue weighted by Crippen LogP contribution is -1.95.